The molecule has 5 heteroatoms. The molecule has 0 bridgehead atoms. The minimum atomic E-state index is -0.234. The number of hydrogen-bond donors (Lipinski definition) is 2. The normalized spacial score (nSPS) is 15.5. The lowest BCUT2D eigenvalue weighted by Gasteiger charge is -2.21. The van der Waals surface area contributed by atoms with Crippen molar-refractivity contribution >= 4 is 23.2 Å². The number of nitrogens with zero attached hydrogens (tertiary/aromatic N) is 1. The van der Waals surface area contributed by atoms with Crippen molar-refractivity contribution in [2.45, 2.75) is 57.9 Å². The van der Waals surface area contributed by atoms with E-state index in [4.69, 9.17) is 0 Å². The first-order valence-corrected chi connectivity index (χ1v) is 11.1. The Bertz CT molecular complexity index is 831. The fraction of sp³-hybridized carbons (Fsp3) is 0.440. The van der Waals surface area contributed by atoms with Gasteiger partial charge in [-0.05, 0) is 49.9 Å². The second-order valence-electron chi connectivity index (χ2n) is 8.16. The standard InChI is InChI=1S/C25H33N3O2/c1-3-10-23(20-11-5-4-6-12-20)25(30)26-19(2)17-24(29)27-21-13-9-14-22(18-21)28-15-7-8-16-28/h4-6,9,11-14,18-19,23H,3,7-8,10,15-17H2,1-2H3,(H,26,30)(H,27,29). The molecule has 2 aromatic carbocycles. The van der Waals surface area contributed by atoms with Gasteiger partial charge in [-0.3, -0.25) is 9.59 Å². The van der Waals surface area contributed by atoms with Gasteiger partial charge in [0.25, 0.3) is 0 Å². The molecule has 1 fully saturated rings. The van der Waals surface area contributed by atoms with E-state index in [9.17, 15) is 9.59 Å². The molecule has 0 aromatic heterocycles. The number of nitrogens with one attached hydrogen (secondary N) is 2. The van der Waals surface area contributed by atoms with Gasteiger partial charge in [0.05, 0.1) is 5.92 Å². The quantitative estimate of drug-likeness (QED) is 0.633. The number of carbonyl (C=O) groups excluding carboxylic acids is 2. The Kier molecular flexibility index (Phi) is 7.89. The molecule has 2 amide bonds. The first kappa shape index (κ1) is 21.9. The van der Waals surface area contributed by atoms with Crippen molar-refractivity contribution in [1.29, 1.82) is 0 Å². The minimum Gasteiger partial charge on any atom is -0.371 e. The van der Waals surface area contributed by atoms with Crippen molar-refractivity contribution in [2.75, 3.05) is 23.3 Å². The molecule has 5 nitrogen and oxygen atoms in total. The summed E-state index contributed by atoms with van der Waals surface area (Å²) in [6.07, 6.45) is 4.40. The Hall–Kier alpha value is -2.82. The molecule has 0 saturated carbocycles. The molecule has 1 aliphatic rings. The van der Waals surface area contributed by atoms with Crippen molar-refractivity contribution in [3.63, 3.8) is 0 Å². The van der Waals surface area contributed by atoms with Crippen molar-refractivity contribution in [2.24, 2.45) is 0 Å². The van der Waals surface area contributed by atoms with E-state index in [2.05, 4.69) is 28.5 Å². The average molecular weight is 408 g/mol. The van der Waals surface area contributed by atoms with Crippen LogP contribution >= 0.6 is 0 Å². The summed E-state index contributed by atoms with van der Waals surface area (Å²) in [6, 6.07) is 17.6. The Morgan fingerprint density at radius 1 is 1.03 bits per heavy atom. The SMILES string of the molecule is CCCC(C(=O)NC(C)CC(=O)Nc1cccc(N2CCCC2)c1)c1ccccc1. The lowest BCUT2D eigenvalue weighted by Crippen LogP contribution is -2.38. The number of amides is 2. The molecule has 1 saturated heterocycles. The highest BCUT2D eigenvalue weighted by Gasteiger charge is 2.22. The Balaban J connectivity index is 1.53. The van der Waals surface area contributed by atoms with E-state index in [0.29, 0.717) is 0 Å². The second kappa shape index (κ2) is 10.8. The number of carbonyl (C=O) groups is 2. The molecule has 0 aliphatic carbocycles. The van der Waals surface area contributed by atoms with Crippen LogP contribution in [0.3, 0.4) is 0 Å². The number of benzene rings is 2. The maximum Gasteiger partial charge on any atom is 0.227 e. The van der Waals surface area contributed by atoms with Crippen LogP contribution in [0.4, 0.5) is 11.4 Å². The van der Waals surface area contributed by atoms with E-state index >= 15 is 0 Å². The minimum absolute atomic E-state index is 0.0145. The van der Waals surface area contributed by atoms with Gasteiger partial charge in [-0.1, -0.05) is 49.7 Å². The molecule has 0 spiro atoms. The maximum absolute atomic E-state index is 12.8. The summed E-state index contributed by atoms with van der Waals surface area (Å²) < 4.78 is 0. The third-order valence-electron chi connectivity index (χ3n) is 5.58. The van der Waals surface area contributed by atoms with Crippen LogP contribution in [0.5, 0.6) is 0 Å². The first-order valence-electron chi connectivity index (χ1n) is 11.1. The van der Waals surface area contributed by atoms with Crippen LogP contribution < -0.4 is 15.5 Å². The highest BCUT2D eigenvalue weighted by molar-refractivity contribution is 5.92. The zero-order valence-corrected chi connectivity index (χ0v) is 18.1. The fourth-order valence-electron chi connectivity index (χ4n) is 4.06. The van der Waals surface area contributed by atoms with Gasteiger partial charge in [-0.25, -0.2) is 0 Å². The van der Waals surface area contributed by atoms with Crippen molar-refractivity contribution in [3.8, 4) is 0 Å². The Morgan fingerprint density at radius 2 is 1.77 bits per heavy atom. The molecule has 2 atom stereocenters. The predicted octanol–water partition coefficient (Wildman–Crippen LogP) is 4.70. The number of rotatable bonds is 9. The van der Waals surface area contributed by atoms with Crippen LogP contribution in [-0.4, -0.2) is 30.9 Å². The summed E-state index contributed by atoms with van der Waals surface area (Å²) in [5.41, 5.74) is 2.97. The van der Waals surface area contributed by atoms with Gasteiger partial charge in [0.15, 0.2) is 0 Å². The molecular weight excluding hydrogens is 374 g/mol. The van der Waals surface area contributed by atoms with Crippen LogP contribution in [0.25, 0.3) is 0 Å². The van der Waals surface area contributed by atoms with Gasteiger partial charge in [0, 0.05) is 36.9 Å². The molecule has 2 N–H and O–H groups in total. The lowest BCUT2D eigenvalue weighted by atomic mass is 9.93. The summed E-state index contributed by atoms with van der Waals surface area (Å²) in [7, 11) is 0. The summed E-state index contributed by atoms with van der Waals surface area (Å²) >= 11 is 0. The molecule has 1 heterocycles. The fourth-order valence-corrected chi connectivity index (χ4v) is 4.06. The van der Waals surface area contributed by atoms with Gasteiger partial charge in [-0.2, -0.15) is 0 Å². The monoisotopic (exact) mass is 407 g/mol. The Labute approximate surface area is 179 Å². The smallest absolute Gasteiger partial charge is 0.227 e. The number of anilines is 2. The highest BCUT2D eigenvalue weighted by Crippen LogP contribution is 2.24. The second-order valence-corrected chi connectivity index (χ2v) is 8.16. The van der Waals surface area contributed by atoms with Gasteiger partial charge >= 0.3 is 0 Å². The summed E-state index contributed by atoms with van der Waals surface area (Å²) in [4.78, 5) is 27.7. The molecule has 160 valence electrons. The molecule has 3 rings (SSSR count). The van der Waals surface area contributed by atoms with Crippen LogP contribution in [0.2, 0.25) is 0 Å². The van der Waals surface area contributed by atoms with Gasteiger partial charge in [-0.15, -0.1) is 0 Å². The molecule has 0 radical (unpaired) electrons. The third kappa shape index (κ3) is 6.09. The van der Waals surface area contributed by atoms with Crippen molar-refractivity contribution in [1.82, 2.24) is 5.32 Å². The lowest BCUT2D eigenvalue weighted by molar-refractivity contribution is -0.123. The van der Waals surface area contributed by atoms with E-state index in [1.165, 1.54) is 12.8 Å². The molecule has 2 aromatic rings. The summed E-state index contributed by atoms with van der Waals surface area (Å²) in [5, 5.41) is 6.01. The van der Waals surface area contributed by atoms with Crippen LogP contribution in [0.1, 0.15) is 57.4 Å². The zero-order valence-electron chi connectivity index (χ0n) is 18.1. The molecule has 30 heavy (non-hydrogen) atoms. The summed E-state index contributed by atoms with van der Waals surface area (Å²) in [6.45, 7) is 6.10. The third-order valence-corrected chi connectivity index (χ3v) is 5.58. The van der Waals surface area contributed by atoms with E-state index in [1.54, 1.807) is 0 Å². The molecular formula is C25H33N3O2. The zero-order chi connectivity index (χ0) is 21.3. The van der Waals surface area contributed by atoms with E-state index < -0.39 is 0 Å². The highest BCUT2D eigenvalue weighted by atomic mass is 16.2. The van der Waals surface area contributed by atoms with E-state index in [-0.39, 0.29) is 30.2 Å². The average Bonchev–Trinajstić information content (AvgIpc) is 3.27. The largest absolute Gasteiger partial charge is 0.371 e. The molecule has 2 unspecified atom stereocenters. The predicted molar refractivity (Wildman–Crippen MR) is 123 cm³/mol. The van der Waals surface area contributed by atoms with Gasteiger partial charge in [0.1, 0.15) is 0 Å². The summed E-state index contributed by atoms with van der Waals surface area (Å²) in [5.74, 6) is -0.286. The topological polar surface area (TPSA) is 61.4 Å². The van der Waals surface area contributed by atoms with Gasteiger partial charge in [0.2, 0.25) is 11.8 Å². The van der Waals surface area contributed by atoms with Crippen LogP contribution in [0.15, 0.2) is 54.6 Å². The van der Waals surface area contributed by atoms with Gasteiger partial charge < -0.3 is 15.5 Å². The maximum atomic E-state index is 12.8. The first-order chi connectivity index (χ1) is 14.6. The Morgan fingerprint density at radius 3 is 2.47 bits per heavy atom. The van der Waals surface area contributed by atoms with E-state index in [0.717, 1.165) is 42.9 Å². The van der Waals surface area contributed by atoms with Crippen LogP contribution in [0, 0.1) is 0 Å². The molecule has 1 aliphatic heterocycles. The van der Waals surface area contributed by atoms with E-state index in [1.807, 2.05) is 55.5 Å². The number of hydrogen-bond acceptors (Lipinski definition) is 3. The van der Waals surface area contributed by atoms with Crippen molar-refractivity contribution in [3.05, 3.63) is 60.2 Å². The van der Waals surface area contributed by atoms with Crippen LogP contribution in [-0.2, 0) is 9.59 Å². The van der Waals surface area contributed by atoms with Crippen molar-refractivity contribution < 1.29 is 9.59 Å².